The first-order valence-electron chi connectivity index (χ1n) is 7.86. The van der Waals surface area contributed by atoms with Crippen LogP contribution in [0.25, 0.3) is 11.0 Å². The van der Waals surface area contributed by atoms with E-state index in [0.717, 1.165) is 27.7 Å². The maximum absolute atomic E-state index is 6.05. The number of nitrogens with two attached hydrogens (primary N) is 1. The molecule has 0 spiro atoms. The van der Waals surface area contributed by atoms with Gasteiger partial charge in [-0.3, -0.25) is 5.84 Å². The Morgan fingerprint density at radius 2 is 2.24 bits per heavy atom. The Morgan fingerprint density at radius 1 is 1.38 bits per heavy atom. The Kier molecular flexibility index (Phi) is 4.53. The molecule has 0 radical (unpaired) electrons. The molecule has 4 heteroatoms. The number of hydrazine groups is 1. The van der Waals surface area contributed by atoms with Gasteiger partial charge in [-0.05, 0) is 48.9 Å². The maximum atomic E-state index is 6.05. The lowest BCUT2D eigenvalue weighted by Gasteiger charge is -2.33. The molecule has 0 amide bonds. The summed E-state index contributed by atoms with van der Waals surface area (Å²) in [6.07, 6.45) is 6.32. The Labute approximate surface area is 130 Å². The van der Waals surface area contributed by atoms with Gasteiger partial charge in [0.05, 0.1) is 6.04 Å². The Bertz CT molecular complexity index is 610. The summed E-state index contributed by atoms with van der Waals surface area (Å²) in [5.74, 6) is 8.13. The second-order valence-corrected chi connectivity index (χ2v) is 6.61. The van der Waals surface area contributed by atoms with E-state index in [4.69, 9.17) is 21.9 Å². The second kappa shape index (κ2) is 6.39. The van der Waals surface area contributed by atoms with Gasteiger partial charge in [-0.2, -0.15) is 0 Å². The molecule has 1 aromatic carbocycles. The zero-order chi connectivity index (χ0) is 14.8. The lowest BCUT2D eigenvalue weighted by Crippen LogP contribution is -2.35. The fraction of sp³-hybridized carbons (Fsp3) is 0.529. The lowest BCUT2D eigenvalue weighted by molar-refractivity contribution is 0.196. The summed E-state index contributed by atoms with van der Waals surface area (Å²) in [4.78, 5) is 0. The Morgan fingerprint density at radius 3 is 3.00 bits per heavy atom. The van der Waals surface area contributed by atoms with Gasteiger partial charge in [0.15, 0.2) is 0 Å². The number of hydrogen-bond donors (Lipinski definition) is 2. The Balaban J connectivity index is 1.87. The molecule has 114 valence electrons. The summed E-state index contributed by atoms with van der Waals surface area (Å²) in [6.45, 7) is 2.28. The van der Waals surface area contributed by atoms with E-state index in [1.807, 2.05) is 18.2 Å². The van der Waals surface area contributed by atoms with Gasteiger partial charge in [-0.15, -0.1) is 0 Å². The fourth-order valence-electron chi connectivity index (χ4n) is 3.64. The normalized spacial score (nSPS) is 24.3. The first-order valence-corrected chi connectivity index (χ1v) is 8.24. The highest BCUT2D eigenvalue weighted by molar-refractivity contribution is 6.31. The molecule has 21 heavy (non-hydrogen) atoms. The van der Waals surface area contributed by atoms with Crippen LogP contribution in [0.3, 0.4) is 0 Å². The molecule has 0 bridgehead atoms. The van der Waals surface area contributed by atoms with E-state index in [2.05, 4.69) is 18.4 Å². The number of fused-ring (bicyclic) bond motifs is 1. The molecule has 1 fully saturated rings. The van der Waals surface area contributed by atoms with E-state index in [1.165, 1.54) is 32.1 Å². The molecule has 3 rings (SSSR count). The molecule has 1 aliphatic carbocycles. The number of hydrogen-bond acceptors (Lipinski definition) is 3. The van der Waals surface area contributed by atoms with Gasteiger partial charge in [-0.1, -0.05) is 37.8 Å². The van der Waals surface area contributed by atoms with Crippen LogP contribution in [0.5, 0.6) is 0 Å². The topological polar surface area (TPSA) is 51.2 Å². The largest absolute Gasteiger partial charge is 0.459 e. The minimum Gasteiger partial charge on any atom is -0.459 e. The summed E-state index contributed by atoms with van der Waals surface area (Å²) in [7, 11) is 0. The molecule has 1 aliphatic rings. The molecule has 1 aromatic heterocycles. The summed E-state index contributed by atoms with van der Waals surface area (Å²) in [6, 6.07) is 7.87. The van der Waals surface area contributed by atoms with Gasteiger partial charge in [0.25, 0.3) is 0 Å². The molecule has 1 heterocycles. The zero-order valence-corrected chi connectivity index (χ0v) is 13.2. The van der Waals surface area contributed by atoms with Crippen molar-refractivity contribution in [2.24, 2.45) is 17.7 Å². The third-order valence-electron chi connectivity index (χ3n) is 4.86. The highest BCUT2D eigenvalue weighted by Gasteiger charge is 2.30. The summed E-state index contributed by atoms with van der Waals surface area (Å²) < 4.78 is 6.00. The standard InChI is InChI=1S/C17H23ClN2O/c1-2-11-4-3-5-12(8-11)17(20-19)16-10-13-9-14(18)6-7-15(13)21-16/h6-7,9-12,17,20H,2-5,8,19H2,1H3. The van der Waals surface area contributed by atoms with Crippen molar-refractivity contribution in [2.75, 3.05) is 0 Å². The number of benzene rings is 1. The van der Waals surface area contributed by atoms with E-state index in [-0.39, 0.29) is 6.04 Å². The molecule has 3 atom stereocenters. The number of halogens is 1. The van der Waals surface area contributed by atoms with Crippen molar-refractivity contribution in [1.82, 2.24) is 5.43 Å². The summed E-state index contributed by atoms with van der Waals surface area (Å²) in [5.41, 5.74) is 3.85. The van der Waals surface area contributed by atoms with Crippen molar-refractivity contribution in [3.05, 3.63) is 35.0 Å². The third-order valence-corrected chi connectivity index (χ3v) is 5.09. The molecule has 3 nitrogen and oxygen atoms in total. The molecular formula is C17H23ClN2O. The monoisotopic (exact) mass is 306 g/mol. The number of rotatable bonds is 4. The van der Waals surface area contributed by atoms with Crippen LogP contribution >= 0.6 is 11.6 Å². The second-order valence-electron chi connectivity index (χ2n) is 6.18. The van der Waals surface area contributed by atoms with E-state index in [9.17, 15) is 0 Å². The molecule has 1 saturated carbocycles. The molecule has 0 aliphatic heterocycles. The van der Waals surface area contributed by atoms with Crippen molar-refractivity contribution < 1.29 is 4.42 Å². The van der Waals surface area contributed by atoms with Gasteiger partial charge in [0, 0.05) is 10.4 Å². The minimum atomic E-state index is 0.0884. The first kappa shape index (κ1) is 14.9. The number of nitrogens with one attached hydrogen (secondary N) is 1. The minimum absolute atomic E-state index is 0.0884. The van der Waals surface area contributed by atoms with Crippen LogP contribution in [0, 0.1) is 11.8 Å². The van der Waals surface area contributed by atoms with E-state index < -0.39 is 0 Å². The SMILES string of the molecule is CCC1CCCC(C(NN)c2cc3cc(Cl)ccc3o2)C1. The van der Waals surface area contributed by atoms with Gasteiger partial charge in [0.2, 0.25) is 0 Å². The van der Waals surface area contributed by atoms with Crippen LogP contribution in [0.15, 0.2) is 28.7 Å². The predicted octanol–water partition coefficient (Wildman–Crippen LogP) is 4.81. The van der Waals surface area contributed by atoms with Crippen molar-refractivity contribution in [2.45, 2.75) is 45.1 Å². The van der Waals surface area contributed by atoms with Crippen LogP contribution in [0.2, 0.25) is 5.02 Å². The third kappa shape index (κ3) is 3.10. The fourth-order valence-corrected chi connectivity index (χ4v) is 3.83. The van der Waals surface area contributed by atoms with E-state index in [0.29, 0.717) is 5.92 Å². The number of furan rings is 1. The smallest absolute Gasteiger partial charge is 0.134 e. The van der Waals surface area contributed by atoms with Crippen LogP contribution in [0.4, 0.5) is 0 Å². The van der Waals surface area contributed by atoms with Crippen molar-refractivity contribution in [3.8, 4) is 0 Å². The maximum Gasteiger partial charge on any atom is 0.134 e. The summed E-state index contributed by atoms with van der Waals surface area (Å²) in [5, 5.41) is 1.77. The van der Waals surface area contributed by atoms with Crippen molar-refractivity contribution in [1.29, 1.82) is 0 Å². The predicted molar refractivity (Wildman–Crippen MR) is 87.0 cm³/mol. The molecule has 0 saturated heterocycles. The Hall–Kier alpha value is -1.03. The van der Waals surface area contributed by atoms with Crippen LogP contribution in [0.1, 0.15) is 50.8 Å². The highest BCUT2D eigenvalue weighted by atomic mass is 35.5. The summed E-state index contributed by atoms with van der Waals surface area (Å²) >= 11 is 6.05. The van der Waals surface area contributed by atoms with Gasteiger partial charge < -0.3 is 4.42 Å². The molecular weight excluding hydrogens is 284 g/mol. The molecule has 3 unspecified atom stereocenters. The van der Waals surface area contributed by atoms with Crippen LogP contribution in [-0.4, -0.2) is 0 Å². The zero-order valence-electron chi connectivity index (χ0n) is 12.4. The molecule has 2 aromatic rings. The van der Waals surface area contributed by atoms with Gasteiger partial charge in [0.1, 0.15) is 11.3 Å². The van der Waals surface area contributed by atoms with Gasteiger partial charge in [-0.25, -0.2) is 5.43 Å². The van der Waals surface area contributed by atoms with Crippen molar-refractivity contribution in [3.63, 3.8) is 0 Å². The van der Waals surface area contributed by atoms with E-state index >= 15 is 0 Å². The van der Waals surface area contributed by atoms with Crippen LogP contribution in [-0.2, 0) is 0 Å². The van der Waals surface area contributed by atoms with E-state index in [1.54, 1.807) is 0 Å². The highest BCUT2D eigenvalue weighted by Crippen LogP contribution is 2.39. The van der Waals surface area contributed by atoms with Crippen LogP contribution < -0.4 is 11.3 Å². The van der Waals surface area contributed by atoms with Crippen molar-refractivity contribution >= 4 is 22.6 Å². The lowest BCUT2D eigenvalue weighted by atomic mass is 9.76. The molecule has 3 N–H and O–H groups in total. The first-order chi connectivity index (χ1) is 10.2. The quantitative estimate of drug-likeness (QED) is 0.629. The average Bonchev–Trinajstić information content (AvgIpc) is 2.91. The van der Waals surface area contributed by atoms with Gasteiger partial charge >= 0.3 is 0 Å². The average molecular weight is 307 g/mol.